The van der Waals surface area contributed by atoms with Crippen molar-refractivity contribution in [3.63, 3.8) is 0 Å². The van der Waals surface area contributed by atoms with Gasteiger partial charge in [-0.25, -0.2) is 24.7 Å². The molecule has 0 saturated carbocycles. The third-order valence-corrected chi connectivity index (χ3v) is 4.49. The second-order valence-electron chi connectivity index (χ2n) is 5.25. The maximum atomic E-state index is 11.6. The molecule has 0 saturated heterocycles. The van der Waals surface area contributed by atoms with Gasteiger partial charge in [0.05, 0.1) is 5.69 Å². The molecule has 0 fully saturated rings. The number of nitrogens with zero attached hydrogens (tertiary/aromatic N) is 4. The van der Waals surface area contributed by atoms with E-state index in [4.69, 9.17) is 4.74 Å². The van der Waals surface area contributed by atoms with E-state index in [-0.39, 0.29) is 12.1 Å². The van der Waals surface area contributed by atoms with Crippen LogP contribution in [0.15, 0.2) is 18.6 Å². The molecule has 1 atom stereocenters. The second-order valence-corrected chi connectivity index (χ2v) is 6.23. The van der Waals surface area contributed by atoms with Gasteiger partial charge in [-0.2, -0.15) is 0 Å². The molecular formula is C15H14N6O2S. The van der Waals surface area contributed by atoms with Crippen molar-refractivity contribution in [2.24, 2.45) is 0 Å². The van der Waals surface area contributed by atoms with Crippen molar-refractivity contribution in [1.82, 2.24) is 25.3 Å². The predicted octanol–water partition coefficient (Wildman–Crippen LogP) is 2.74. The van der Waals surface area contributed by atoms with Crippen LogP contribution < -0.4 is 15.4 Å². The topological polar surface area (TPSA) is 102 Å². The van der Waals surface area contributed by atoms with Gasteiger partial charge in [0.25, 0.3) is 0 Å². The van der Waals surface area contributed by atoms with E-state index in [0.29, 0.717) is 27.9 Å². The van der Waals surface area contributed by atoms with Crippen LogP contribution in [0.3, 0.4) is 0 Å². The molecule has 0 radical (unpaired) electrons. The summed E-state index contributed by atoms with van der Waals surface area (Å²) in [6.45, 7) is 4.33. The Bertz CT molecular complexity index is 941. The summed E-state index contributed by atoms with van der Waals surface area (Å²) < 4.78 is 5.87. The fourth-order valence-corrected chi connectivity index (χ4v) is 3.39. The maximum absolute atomic E-state index is 11.6. The van der Waals surface area contributed by atoms with Crippen molar-refractivity contribution in [3.8, 4) is 17.0 Å². The summed E-state index contributed by atoms with van der Waals surface area (Å²) in [5.74, 6) is 0.533. The Balaban J connectivity index is 1.78. The monoisotopic (exact) mass is 342 g/mol. The SMILES string of the molecule is CCNC(=O)Nc1nc2cc3c(nc2s1)OC(C)c1ncncc1-3. The summed E-state index contributed by atoms with van der Waals surface area (Å²) in [4.78, 5) is 29.7. The van der Waals surface area contributed by atoms with Gasteiger partial charge in [-0.05, 0) is 19.9 Å². The van der Waals surface area contributed by atoms with Gasteiger partial charge in [-0.1, -0.05) is 11.3 Å². The van der Waals surface area contributed by atoms with Gasteiger partial charge in [0, 0.05) is 23.9 Å². The number of hydrogen-bond acceptors (Lipinski definition) is 7. The summed E-state index contributed by atoms with van der Waals surface area (Å²) in [7, 11) is 0. The number of pyridine rings is 1. The van der Waals surface area contributed by atoms with E-state index in [9.17, 15) is 4.79 Å². The molecule has 2 amide bonds. The lowest BCUT2D eigenvalue weighted by Crippen LogP contribution is -2.28. The number of fused-ring (bicyclic) bond motifs is 4. The minimum absolute atomic E-state index is 0.193. The van der Waals surface area contributed by atoms with Gasteiger partial charge in [0.15, 0.2) is 5.13 Å². The summed E-state index contributed by atoms with van der Waals surface area (Å²) in [6.07, 6.45) is 3.07. The molecular weight excluding hydrogens is 328 g/mol. The first-order valence-electron chi connectivity index (χ1n) is 7.49. The largest absolute Gasteiger partial charge is 0.468 e. The highest BCUT2D eigenvalue weighted by Crippen LogP contribution is 2.42. The van der Waals surface area contributed by atoms with Crippen LogP contribution in [-0.4, -0.2) is 32.5 Å². The van der Waals surface area contributed by atoms with Gasteiger partial charge in [-0.15, -0.1) is 0 Å². The molecule has 1 unspecified atom stereocenters. The Morgan fingerprint density at radius 3 is 3.08 bits per heavy atom. The number of hydrogen-bond donors (Lipinski definition) is 2. The average Bonchev–Trinajstić information content (AvgIpc) is 2.94. The number of urea groups is 1. The zero-order valence-corrected chi connectivity index (χ0v) is 13.8. The van der Waals surface area contributed by atoms with Crippen LogP contribution in [-0.2, 0) is 0 Å². The molecule has 4 rings (SSSR count). The van der Waals surface area contributed by atoms with Crippen LogP contribution in [0.25, 0.3) is 21.5 Å². The molecule has 24 heavy (non-hydrogen) atoms. The first kappa shape index (κ1) is 14.8. The molecule has 3 aromatic rings. The molecule has 4 heterocycles. The molecule has 8 nitrogen and oxygen atoms in total. The van der Waals surface area contributed by atoms with Crippen LogP contribution in [0.5, 0.6) is 5.88 Å². The average molecular weight is 342 g/mol. The van der Waals surface area contributed by atoms with E-state index in [1.165, 1.54) is 17.7 Å². The van der Waals surface area contributed by atoms with Crippen LogP contribution in [0.4, 0.5) is 9.93 Å². The zero-order valence-electron chi connectivity index (χ0n) is 13.0. The van der Waals surface area contributed by atoms with E-state index in [2.05, 4.69) is 30.6 Å². The molecule has 0 spiro atoms. The van der Waals surface area contributed by atoms with Crippen LogP contribution in [0.2, 0.25) is 0 Å². The third-order valence-electron chi connectivity index (χ3n) is 3.61. The zero-order chi connectivity index (χ0) is 16.7. The Hall–Kier alpha value is -2.81. The highest BCUT2D eigenvalue weighted by atomic mass is 32.1. The van der Waals surface area contributed by atoms with Gasteiger partial charge in [0.1, 0.15) is 22.8 Å². The van der Waals surface area contributed by atoms with Crippen molar-refractivity contribution in [1.29, 1.82) is 0 Å². The van der Waals surface area contributed by atoms with Crippen molar-refractivity contribution in [2.75, 3.05) is 11.9 Å². The van der Waals surface area contributed by atoms with Crippen molar-refractivity contribution in [3.05, 3.63) is 24.3 Å². The Kier molecular flexibility index (Phi) is 3.49. The van der Waals surface area contributed by atoms with Crippen LogP contribution in [0.1, 0.15) is 25.6 Å². The molecule has 1 aliphatic rings. The van der Waals surface area contributed by atoms with Crippen molar-refractivity contribution in [2.45, 2.75) is 20.0 Å². The van der Waals surface area contributed by atoms with E-state index < -0.39 is 0 Å². The standard InChI is InChI=1S/C15H14N6O2S/c1-3-17-14(22)21-15-19-10-4-8-9-5-16-6-18-11(9)7(2)23-12(8)20-13(10)24-15/h4-7H,3H2,1-2H3,(H2,17,19,21,22). The third kappa shape index (κ3) is 2.42. The minimum atomic E-state index is -0.287. The molecule has 0 aliphatic carbocycles. The van der Waals surface area contributed by atoms with Crippen molar-refractivity contribution >= 4 is 32.8 Å². The Morgan fingerprint density at radius 1 is 1.38 bits per heavy atom. The number of carbonyl (C=O) groups excluding carboxylic acids is 1. The van der Waals surface area contributed by atoms with Crippen molar-refractivity contribution < 1.29 is 9.53 Å². The lowest BCUT2D eigenvalue weighted by Gasteiger charge is -2.23. The Morgan fingerprint density at radius 2 is 2.25 bits per heavy atom. The van der Waals surface area contributed by atoms with Crippen LogP contribution in [0, 0.1) is 0 Å². The van der Waals surface area contributed by atoms with Gasteiger partial charge < -0.3 is 10.1 Å². The number of aromatic nitrogens is 4. The molecule has 9 heteroatoms. The van der Waals surface area contributed by atoms with E-state index in [1.54, 1.807) is 6.20 Å². The highest BCUT2D eigenvalue weighted by Gasteiger charge is 2.26. The highest BCUT2D eigenvalue weighted by molar-refractivity contribution is 7.22. The fraction of sp³-hybridized carbons (Fsp3) is 0.267. The lowest BCUT2D eigenvalue weighted by atomic mass is 10.0. The molecule has 2 N–H and O–H groups in total. The van der Waals surface area contributed by atoms with E-state index in [1.807, 2.05) is 19.9 Å². The normalized spacial score (nSPS) is 15.3. The van der Waals surface area contributed by atoms with E-state index >= 15 is 0 Å². The van der Waals surface area contributed by atoms with E-state index in [0.717, 1.165) is 16.8 Å². The molecule has 0 aromatic carbocycles. The smallest absolute Gasteiger partial charge is 0.321 e. The first-order valence-corrected chi connectivity index (χ1v) is 8.30. The fourth-order valence-electron chi connectivity index (χ4n) is 2.58. The summed E-state index contributed by atoms with van der Waals surface area (Å²) >= 11 is 1.30. The number of amides is 2. The molecule has 0 bridgehead atoms. The minimum Gasteiger partial charge on any atom is -0.468 e. The first-order chi connectivity index (χ1) is 11.7. The number of nitrogens with one attached hydrogen (secondary N) is 2. The summed E-state index contributed by atoms with van der Waals surface area (Å²) in [6, 6.07) is 1.61. The summed E-state index contributed by atoms with van der Waals surface area (Å²) in [5, 5.41) is 5.86. The van der Waals surface area contributed by atoms with Gasteiger partial charge >= 0.3 is 6.03 Å². The second kappa shape index (κ2) is 5.68. The predicted molar refractivity (Wildman–Crippen MR) is 90.2 cm³/mol. The number of anilines is 1. The quantitative estimate of drug-likeness (QED) is 0.742. The molecule has 3 aromatic heterocycles. The maximum Gasteiger partial charge on any atom is 0.321 e. The van der Waals surface area contributed by atoms with Crippen LogP contribution >= 0.6 is 11.3 Å². The van der Waals surface area contributed by atoms with Gasteiger partial charge in [-0.3, -0.25) is 5.32 Å². The number of ether oxygens (including phenoxy) is 1. The number of carbonyl (C=O) groups is 1. The number of thiazole rings is 1. The molecule has 1 aliphatic heterocycles. The lowest BCUT2D eigenvalue weighted by molar-refractivity contribution is 0.209. The van der Waals surface area contributed by atoms with Gasteiger partial charge in [0.2, 0.25) is 5.88 Å². The number of rotatable bonds is 2. The molecule has 122 valence electrons. The summed E-state index contributed by atoms with van der Waals surface area (Å²) in [5.41, 5.74) is 3.23. The Labute approximate surface area is 141 Å².